The number of hydrogen-bond donors (Lipinski definition) is 2. The number of amides is 1. The van der Waals surface area contributed by atoms with Crippen molar-refractivity contribution in [3.05, 3.63) is 22.2 Å². The predicted octanol–water partition coefficient (Wildman–Crippen LogP) is -0.349. The number of carbonyl (C=O) groups is 1. The summed E-state index contributed by atoms with van der Waals surface area (Å²) < 4.78 is 0. The van der Waals surface area contributed by atoms with Gasteiger partial charge < -0.3 is 15.2 Å². The minimum Gasteiger partial charge on any atom is -0.359 e. The van der Waals surface area contributed by atoms with Crippen LogP contribution in [0.1, 0.15) is 12.2 Å². The Morgan fingerprint density at radius 1 is 1.62 bits per heavy atom. The lowest BCUT2D eigenvalue weighted by molar-refractivity contribution is -0.120. The zero-order chi connectivity index (χ0) is 12.1. The lowest BCUT2D eigenvalue weighted by Gasteiger charge is -2.17. The number of rotatable bonds is 4. The Morgan fingerprint density at radius 3 is 2.88 bits per heavy atom. The Balaban J connectivity index is 2.69. The maximum atomic E-state index is 11.2. The van der Waals surface area contributed by atoms with Crippen LogP contribution in [0.5, 0.6) is 0 Å². The molecule has 0 fully saturated rings. The first-order valence-electron chi connectivity index (χ1n) is 5.02. The zero-order valence-corrected chi connectivity index (χ0v) is 9.70. The molecule has 0 spiro atoms. The van der Waals surface area contributed by atoms with Crippen molar-refractivity contribution in [1.29, 1.82) is 0 Å². The third kappa shape index (κ3) is 3.38. The van der Waals surface area contributed by atoms with Gasteiger partial charge in [0.2, 0.25) is 5.91 Å². The van der Waals surface area contributed by atoms with Crippen LogP contribution >= 0.6 is 0 Å². The van der Waals surface area contributed by atoms with E-state index in [1.807, 2.05) is 0 Å². The van der Waals surface area contributed by atoms with Gasteiger partial charge in [-0.15, -0.1) is 0 Å². The average molecular weight is 224 g/mol. The van der Waals surface area contributed by atoms with Crippen LogP contribution in [0.4, 0.5) is 5.82 Å². The Morgan fingerprint density at radius 2 is 2.31 bits per heavy atom. The van der Waals surface area contributed by atoms with Crippen LogP contribution < -0.4 is 15.8 Å². The summed E-state index contributed by atoms with van der Waals surface area (Å²) in [6.07, 6.45) is 0.376. The van der Waals surface area contributed by atoms with E-state index in [0.717, 1.165) is 0 Å². The monoisotopic (exact) mass is 224 g/mol. The fourth-order valence-electron chi connectivity index (χ4n) is 1.27. The molecule has 2 N–H and O–H groups in total. The molecule has 0 radical (unpaired) electrons. The SMILES string of the molecule is CNC(=O)CCN(C)c1cc(=O)[nH]c(C)n1. The largest absolute Gasteiger partial charge is 0.359 e. The van der Waals surface area contributed by atoms with Gasteiger partial charge in [0.05, 0.1) is 0 Å². The maximum Gasteiger partial charge on any atom is 0.252 e. The summed E-state index contributed by atoms with van der Waals surface area (Å²) in [6, 6.07) is 1.41. The summed E-state index contributed by atoms with van der Waals surface area (Å²) in [4.78, 5) is 30.8. The van der Waals surface area contributed by atoms with Crippen molar-refractivity contribution in [2.45, 2.75) is 13.3 Å². The molecule has 1 aromatic rings. The van der Waals surface area contributed by atoms with Crippen molar-refractivity contribution in [3.8, 4) is 0 Å². The second-order valence-corrected chi connectivity index (χ2v) is 3.53. The first-order chi connectivity index (χ1) is 7.52. The van der Waals surface area contributed by atoms with Gasteiger partial charge in [-0.2, -0.15) is 0 Å². The third-order valence-electron chi connectivity index (χ3n) is 2.19. The van der Waals surface area contributed by atoms with Gasteiger partial charge in [0.15, 0.2) is 0 Å². The first-order valence-corrected chi connectivity index (χ1v) is 5.02. The number of nitrogens with one attached hydrogen (secondary N) is 2. The molecule has 88 valence electrons. The van der Waals surface area contributed by atoms with Crippen LogP contribution in [0.15, 0.2) is 10.9 Å². The number of anilines is 1. The molecule has 0 aromatic carbocycles. The molecule has 0 aliphatic rings. The smallest absolute Gasteiger partial charge is 0.252 e. The Hall–Kier alpha value is -1.85. The number of hydrogen-bond acceptors (Lipinski definition) is 4. The standard InChI is InChI=1S/C10H16N4O2/c1-7-12-8(6-10(16)13-7)14(3)5-4-9(15)11-2/h6H,4-5H2,1-3H3,(H,11,15)(H,12,13,16). The van der Waals surface area contributed by atoms with Crippen molar-refractivity contribution in [3.63, 3.8) is 0 Å². The molecule has 1 heterocycles. The van der Waals surface area contributed by atoms with E-state index in [1.54, 1.807) is 25.9 Å². The molecule has 16 heavy (non-hydrogen) atoms. The molecular formula is C10H16N4O2. The van der Waals surface area contributed by atoms with Gasteiger partial charge in [-0.05, 0) is 6.92 Å². The van der Waals surface area contributed by atoms with Crippen LogP contribution in [0.25, 0.3) is 0 Å². The highest BCUT2D eigenvalue weighted by Gasteiger charge is 2.06. The normalized spacial score (nSPS) is 9.94. The van der Waals surface area contributed by atoms with Crippen molar-refractivity contribution >= 4 is 11.7 Å². The molecule has 1 rings (SSSR count). The number of nitrogens with zero attached hydrogens (tertiary/aromatic N) is 2. The van der Waals surface area contributed by atoms with Crippen LogP contribution in [-0.2, 0) is 4.79 Å². The van der Waals surface area contributed by atoms with Crippen LogP contribution in [0, 0.1) is 6.92 Å². The fraction of sp³-hybridized carbons (Fsp3) is 0.500. The molecule has 0 unspecified atom stereocenters. The van der Waals surface area contributed by atoms with Crippen LogP contribution in [0.2, 0.25) is 0 Å². The minimum absolute atomic E-state index is 0.0339. The summed E-state index contributed by atoms with van der Waals surface area (Å²) in [5.41, 5.74) is -0.186. The van der Waals surface area contributed by atoms with Gasteiger partial charge in [-0.3, -0.25) is 9.59 Å². The molecule has 6 heteroatoms. The second-order valence-electron chi connectivity index (χ2n) is 3.53. The van der Waals surface area contributed by atoms with Crippen LogP contribution in [0.3, 0.4) is 0 Å². The minimum atomic E-state index is -0.186. The summed E-state index contributed by atoms with van der Waals surface area (Å²) in [5.74, 6) is 1.10. The number of carbonyl (C=O) groups excluding carboxylic acids is 1. The van der Waals surface area contributed by atoms with E-state index in [2.05, 4.69) is 15.3 Å². The number of aryl methyl sites for hydroxylation is 1. The van der Waals surface area contributed by atoms with Gasteiger partial charge in [0.1, 0.15) is 11.6 Å². The van der Waals surface area contributed by atoms with E-state index >= 15 is 0 Å². The van der Waals surface area contributed by atoms with E-state index in [4.69, 9.17) is 0 Å². The highest BCUT2D eigenvalue weighted by Crippen LogP contribution is 2.05. The molecule has 1 aromatic heterocycles. The van der Waals surface area contributed by atoms with Gasteiger partial charge in [0.25, 0.3) is 5.56 Å². The van der Waals surface area contributed by atoms with E-state index in [9.17, 15) is 9.59 Å². The molecule has 0 saturated carbocycles. The van der Waals surface area contributed by atoms with Gasteiger partial charge >= 0.3 is 0 Å². The summed E-state index contributed by atoms with van der Waals surface area (Å²) in [6.45, 7) is 2.24. The zero-order valence-electron chi connectivity index (χ0n) is 9.70. The first kappa shape index (κ1) is 12.2. The predicted molar refractivity (Wildman–Crippen MR) is 61.5 cm³/mol. The van der Waals surface area contributed by atoms with Crippen molar-refractivity contribution < 1.29 is 4.79 Å². The molecular weight excluding hydrogens is 208 g/mol. The molecule has 0 aliphatic carbocycles. The molecule has 6 nitrogen and oxygen atoms in total. The lowest BCUT2D eigenvalue weighted by Crippen LogP contribution is -2.28. The van der Waals surface area contributed by atoms with Crippen molar-refractivity contribution in [2.75, 3.05) is 25.5 Å². The highest BCUT2D eigenvalue weighted by atomic mass is 16.1. The van der Waals surface area contributed by atoms with Crippen LogP contribution in [-0.4, -0.2) is 36.5 Å². The third-order valence-corrected chi connectivity index (χ3v) is 2.19. The fourth-order valence-corrected chi connectivity index (χ4v) is 1.27. The summed E-state index contributed by atoms with van der Waals surface area (Å²) in [5, 5.41) is 2.54. The number of aromatic nitrogens is 2. The van der Waals surface area contributed by atoms with E-state index in [-0.39, 0.29) is 11.5 Å². The second kappa shape index (κ2) is 5.29. The topological polar surface area (TPSA) is 78.1 Å². The van der Waals surface area contributed by atoms with Gasteiger partial charge in [-0.25, -0.2) is 4.98 Å². The molecule has 0 bridgehead atoms. The average Bonchev–Trinajstić information content (AvgIpc) is 2.23. The van der Waals surface area contributed by atoms with Gasteiger partial charge in [0, 0.05) is 33.1 Å². The molecule has 1 amide bonds. The summed E-state index contributed by atoms with van der Waals surface area (Å²) in [7, 11) is 3.39. The van der Waals surface area contributed by atoms with Crippen molar-refractivity contribution in [1.82, 2.24) is 15.3 Å². The maximum absolute atomic E-state index is 11.2. The summed E-state index contributed by atoms with van der Waals surface area (Å²) >= 11 is 0. The molecule has 0 saturated heterocycles. The molecule has 0 atom stereocenters. The highest BCUT2D eigenvalue weighted by molar-refractivity contribution is 5.76. The van der Waals surface area contributed by atoms with E-state index in [1.165, 1.54) is 6.07 Å². The Bertz CT molecular complexity index is 427. The van der Waals surface area contributed by atoms with Gasteiger partial charge in [-0.1, -0.05) is 0 Å². The Labute approximate surface area is 93.7 Å². The number of aromatic amines is 1. The quantitative estimate of drug-likeness (QED) is 0.733. The lowest BCUT2D eigenvalue weighted by atomic mass is 10.3. The number of H-pyrrole nitrogens is 1. The Kier molecular flexibility index (Phi) is 4.04. The van der Waals surface area contributed by atoms with E-state index in [0.29, 0.717) is 24.6 Å². The van der Waals surface area contributed by atoms with E-state index < -0.39 is 0 Å². The van der Waals surface area contributed by atoms with Crippen molar-refractivity contribution in [2.24, 2.45) is 0 Å². The molecule has 0 aliphatic heterocycles.